The van der Waals surface area contributed by atoms with Crippen LogP contribution in [0.1, 0.15) is 29.7 Å². The first-order valence-corrected chi connectivity index (χ1v) is 14.3. The van der Waals surface area contributed by atoms with Gasteiger partial charge < -0.3 is 14.2 Å². The maximum Gasteiger partial charge on any atom is 0.338 e. The summed E-state index contributed by atoms with van der Waals surface area (Å²) in [5.41, 5.74) is 2.81. The van der Waals surface area contributed by atoms with Gasteiger partial charge in [0.1, 0.15) is 11.5 Å². The molecule has 0 N–H and O–H groups in total. The van der Waals surface area contributed by atoms with Gasteiger partial charge in [-0.1, -0.05) is 84.1 Å². The third-order valence-electron chi connectivity index (χ3n) is 7.23. The van der Waals surface area contributed by atoms with Crippen molar-refractivity contribution in [1.82, 2.24) is 4.57 Å². The van der Waals surface area contributed by atoms with E-state index >= 15 is 0 Å². The molecule has 42 heavy (non-hydrogen) atoms. The Morgan fingerprint density at radius 1 is 0.929 bits per heavy atom. The van der Waals surface area contributed by atoms with Crippen molar-refractivity contribution in [3.05, 3.63) is 133 Å². The molecule has 0 radical (unpaired) electrons. The van der Waals surface area contributed by atoms with Crippen LogP contribution in [0.3, 0.4) is 0 Å². The summed E-state index contributed by atoms with van der Waals surface area (Å²) >= 11 is 1.28. The van der Waals surface area contributed by atoms with Gasteiger partial charge in [-0.15, -0.1) is 0 Å². The van der Waals surface area contributed by atoms with E-state index in [4.69, 9.17) is 19.2 Å². The molecule has 210 valence electrons. The second kappa shape index (κ2) is 11.5. The van der Waals surface area contributed by atoms with Crippen LogP contribution in [0.4, 0.5) is 0 Å². The molecule has 1 aromatic heterocycles. The smallest absolute Gasteiger partial charge is 0.338 e. The van der Waals surface area contributed by atoms with Crippen LogP contribution in [0.25, 0.3) is 22.5 Å². The number of esters is 1. The number of carbonyl (C=O) groups excluding carboxylic acids is 1. The maximum atomic E-state index is 14.3. The van der Waals surface area contributed by atoms with Gasteiger partial charge in [0.2, 0.25) is 0 Å². The number of hydrogen-bond donors (Lipinski definition) is 0. The second-order valence-electron chi connectivity index (χ2n) is 9.61. The highest BCUT2D eigenvalue weighted by Crippen LogP contribution is 2.36. The highest BCUT2D eigenvalue weighted by Gasteiger charge is 2.35. The lowest BCUT2D eigenvalue weighted by Crippen LogP contribution is -2.40. The average Bonchev–Trinajstić information content (AvgIpc) is 3.35. The van der Waals surface area contributed by atoms with Gasteiger partial charge in [-0.05, 0) is 47.5 Å². The molecule has 0 fully saturated rings. The van der Waals surface area contributed by atoms with Crippen LogP contribution < -0.4 is 24.4 Å². The fourth-order valence-electron chi connectivity index (χ4n) is 5.28. The number of hydrogen-bond acceptors (Lipinski definition) is 7. The molecule has 0 bridgehead atoms. The van der Waals surface area contributed by atoms with E-state index in [0.29, 0.717) is 32.1 Å². The minimum atomic E-state index is -0.766. The maximum absolute atomic E-state index is 14.3. The fourth-order valence-corrected chi connectivity index (χ4v) is 6.26. The second-order valence-corrected chi connectivity index (χ2v) is 10.6. The summed E-state index contributed by atoms with van der Waals surface area (Å²) in [7, 11) is 3.21. The van der Waals surface area contributed by atoms with Crippen molar-refractivity contribution in [1.29, 1.82) is 0 Å². The fraction of sp³-hybridized carbons (Fsp3) is 0.147. The van der Waals surface area contributed by atoms with E-state index in [-0.39, 0.29) is 12.2 Å². The molecule has 1 atom stereocenters. The zero-order valence-electron chi connectivity index (χ0n) is 23.4. The molecule has 0 spiro atoms. The molecule has 0 aliphatic carbocycles. The lowest BCUT2D eigenvalue weighted by Gasteiger charge is -2.26. The zero-order valence-corrected chi connectivity index (χ0v) is 24.2. The predicted octanol–water partition coefficient (Wildman–Crippen LogP) is 5.11. The summed E-state index contributed by atoms with van der Waals surface area (Å²) in [4.78, 5) is 33.3. The number of nitrogens with zero attached hydrogens (tertiary/aromatic N) is 2. The minimum Gasteiger partial charge on any atom is -0.497 e. The number of methoxy groups -OCH3 is 2. The Kier molecular flexibility index (Phi) is 7.46. The number of rotatable bonds is 7. The van der Waals surface area contributed by atoms with E-state index in [1.54, 1.807) is 25.7 Å². The zero-order chi connectivity index (χ0) is 29.2. The van der Waals surface area contributed by atoms with Crippen molar-refractivity contribution >= 4 is 39.9 Å². The standard InChI is InChI=1S/C34H28N2O5S/c1-4-41-33(38)29-30(22-11-6-5-7-12-22)35-34-36(31(29)23-14-17-24(39-2)18-15-23)32(37)28(42-34)20-26-25-13-9-8-10-21(25)16-19-27(26)40-3/h5-20,31H,4H2,1-3H3/b28-20+/t31-/m0/s1. The molecule has 1 aliphatic heterocycles. The Morgan fingerprint density at radius 3 is 2.38 bits per heavy atom. The summed E-state index contributed by atoms with van der Waals surface area (Å²) in [6.45, 7) is 1.95. The molecule has 8 heteroatoms. The molecule has 7 nitrogen and oxygen atoms in total. The van der Waals surface area contributed by atoms with Crippen LogP contribution in [-0.2, 0) is 9.53 Å². The summed E-state index contributed by atoms with van der Waals surface area (Å²) < 4.78 is 18.7. The molecule has 0 saturated carbocycles. The van der Waals surface area contributed by atoms with Gasteiger partial charge in [0.05, 0.1) is 42.7 Å². The number of thiazole rings is 1. The molecular formula is C34H28N2O5S. The van der Waals surface area contributed by atoms with Crippen LogP contribution in [0.2, 0.25) is 0 Å². The Bertz CT molecular complexity index is 2010. The number of ether oxygens (including phenoxy) is 3. The van der Waals surface area contributed by atoms with Crippen molar-refractivity contribution in [3.63, 3.8) is 0 Å². The molecular weight excluding hydrogens is 548 g/mol. The van der Waals surface area contributed by atoms with Crippen molar-refractivity contribution < 1.29 is 19.0 Å². The summed E-state index contributed by atoms with van der Waals surface area (Å²) in [6.07, 6.45) is 1.85. The number of benzene rings is 4. The van der Waals surface area contributed by atoms with E-state index in [2.05, 4.69) is 0 Å². The summed E-state index contributed by atoms with van der Waals surface area (Å²) in [5, 5.41) is 2.00. The first-order chi connectivity index (χ1) is 20.5. The molecule has 0 unspecified atom stereocenters. The first kappa shape index (κ1) is 27.2. The van der Waals surface area contributed by atoms with Crippen LogP contribution >= 0.6 is 11.3 Å². The van der Waals surface area contributed by atoms with E-state index in [0.717, 1.165) is 27.5 Å². The number of fused-ring (bicyclic) bond motifs is 2. The van der Waals surface area contributed by atoms with E-state index in [1.807, 2.05) is 97.1 Å². The van der Waals surface area contributed by atoms with Crippen molar-refractivity contribution in [2.24, 2.45) is 4.99 Å². The molecule has 6 rings (SSSR count). The average molecular weight is 577 g/mol. The van der Waals surface area contributed by atoms with E-state index < -0.39 is 12.0 Å². The molecule has 4 aromatic carbocycles. The highest BCUT2D eigenvalue weighted by molar-refractivity contribution is 7.07. The normalized spacial score (nSPS) is 14.8. The number of aromatic nitrogens is 1. The van der Waals surface area contributed by atoms with Gasteiger partial charge in [0.15, 0.2) is 4.80 Å². The number of carbonyl (C=O) groups is 1. The Hall–Kier alpha value is -4.95. The lowest BCUT2D eigenvalue weighted by molar-refractivity contribution is -0.138. The van der Waals surface area contributed by atoms with Gasteiger partial charge in [-0.2, -0.15) is 0 Å². The van der Waals surface area contributed by atoms with E-state index in [1.165, 1.54) is 11.3 Å². The van der Waals surface area contributed by atoms with Crippen LogP contribution in [0, 0.1) is 0 Å². The largest absolute Gasteiger partial charge is 0.497 e. The molecule has 5 aromatic rings. The highest BCUT2D eigenvalue weighted by atomic mass is 32.1. The topological polar surface area (TPSA) is 79.1 Å². The molecule has 2 heterocycles. The molecule has 0 amide bonds. The summed E-state index contributed by atoms with van der Waals surface area (Å²) in [6, 6.07) is 28.0. The van der Waals surface area contributed by atoms with Gasteiger partial charge >= 0.3 is 5.97 Å². The van der Waals surface area contributed by atoms with Crippen LogP contribution in [0.15, 0.2) is 106 Å². The Balaban J connectivity index is 1.67. The predicted molar refractivity (Wildman–Crippen MR) is 165 cm³/mol. The third-order valence-corrected chi connectivity index (χ3v) is 8.21. The van der Waals surface area contributed by atoms with Gasteiger partial charge in [-0.3, -0.25) is 9.36 Å². The van der Waals surface area contributed by atoms with Gasteiger partial charge in [-0.25, -0.2) is 9.79 Å². The summed E-state index contributed by atoms with van der Waals surface area (Å²) in [5.74, 6) is 0.800. The SMILES string of the molecule is CCOC(=O)C1=C(c2ccccc2)N=c2s/c(=C/c3c(OC)ccc4ccccc34)c(=O)n2[C@H]1c1ccc(OC)cc1. The lowest BCUT2D eigenvalue weighted by atomic mass is 9.93. The third kappa shape index (κ3) is 4.80. The van der Waals surface area contributed by atoms with E-state index in [9.17, 15) is 9.59 Å². The first-order valence-electron chi connectivity index (χ1n) is 13.5. The van der Waals surface area contributed by atoms with Crippen molar-refractivity contribution in [2.45, 2.75) is 13.0 Å². The van der Waals surface area contributed by atoms with Crippen LogP contribution in [-0.4, -0.2) is 31.4 Å². The van der Waals surface area contributed by atoms with Gasteiger partial charge in [0.25, 0.3) is 5.56 Å². The van der Waals surface area contributed by atoms with Gasteiger partial charge in [0, 0.05) is 11.1 Å². The van der Waals surface area contributed by atoms with Crippen LogP contribution in [0.5, 0.6) is 11.5 Å². The van der Waals surface area contributed by atoms with Crippen molar-refractivity contribution in [3.8, 4) is 11.5 Å². The van der Waals surface area contributed by atoms with Crippen molar-refractivity contribution in [2.75, 3.05) is 20.8 Å². The minimum absolute atomic E-state index is 0.186. The Morgan fingerprint density at radius 2 is 1.67 bits per heavy atom. The molecule has 0 saturated heterocycles. The molecule has 1 aliphatic rings. The Labute approximate surface area is 246 Å². The quantitative estimate of drug-likeness (QED) is 0.252. The monoisotopic (exact) mass is 576 g/mol.